The van der Waals surface area contributed by atoms with Crippen molar-refractivity contribution in [1.29, 1.82) is 0 Å². The van der Waals surface area contributed by atoms with E-state index in [9.17, 15) is 14.4 Å². The largest absolute Gasteiger partial charge is 0.459 e. The summed E-state index contributed by atoms with van der Waals surface area (Å²) in [5.74, 6) is -1.47. The molecule has 7 nitrogen and oxygen atoms in total. The van der Waals surface area contributed by atoms with Gasteiger partial charge in [-0.3, -0.25) is 25.2 Å². The predicted molar refractivity (Wildman–Crippen MR) is 99.5 cm³/mol. The van der Waals surface area contributed by atoms with Crippen molar-refractivity contribution in [3.63, 3.8) is 0 Å². The number of furan rings is 1. The van der Waals surface area contributed by atoms with Gasteiger partial charge in [0.15, 0.2) is 5.76 Å². The Morgan fingerprint density at radius 3 is 2.33 bits per heavy atom. The van der Waals surface area contributed by atoms with E-state index in [0.29, 0.717) is 16.3 Å². The van der Waals surface area contributed by atoms with Crippen molar-refractivity contribution in [3.8, 4) is 0 Å². The number of hydrazine groups is 1. The molecule has 0 radical (unpaired) electrons. The molecule has 0 fully saturated rings. The fourth-order valence-electron chi connectivity index (χ4n) is 2.24. The third-order valence-electron chi connectivity index (χ3n) is 3.54. The predicted octanol–water partition coefficient (Wildman–Crippen LogP) is 3.26. The van der Waals surface area contributed by atoms with E-state index in [1.54, 1.807) is 48.5 Å². The van der Waals surface area contributed by atoms with Crippen LogP contribution in [-0.2, 0) is 0 Å². The minimum atomic E-state index is -0.587. The Bertz CT molecular complexity index is 986. The summed E-state index contributed by atoms with van der Waals surface area (Å²) in [5.41, 5.74) is 5.48. The monoisotopic (exact) mass is 383 g/mol. The molecular formula is C19H14ClN3O4. The smallest absolute Gasteiger partial charge is 0.305 e. The molecule has 0 aliphatic heterocycles. The van der Waals surface area contributed by atoms with Crippen LogP contribution >= 0.6 is 11.6 Å². The second kappa shape index (κ2) is 8.20. The van der Waals surface area contributed by atoms with Crippen LogP contribution in [0.4, 0.5) is 5.69 Å². The Balaban J connectivity index is 1.64. The molecule has 0 aliphatic rings. The lowest BCUT2D eigenvalue weighted by Crippen LogP contribution is -2.41. The fourth-order valence-corrected chi connectivity index (χ4v) is 2.46. The maximum Gasteiger partial charge on any atom is 0.305 e. The average Bonchev–Trinajstić information content (AvgIpc) is 3.21. The van der Waals surface area contributed by atoms with Gasteiger partial charge in [0, 0.05) is 11.3 Å². The number of hydrogen-bond donors (Lipinski definition) is 3. The maximum absolute atomic E-state index is 12.3. The number of amides is 3. The second-order valence-electron chi connectivity index (χ2n) is 5.40. The Morgan fingerprint density at radius 1 is 0.815 bits per heavy atom. The van der Waals surface area contributed by atoms with E-state index in [-0.39, 0.29) is 11.3 Å². The molecule has 27 heavy (non-hydrogen) atoms. The molecule has 3 rings (SSSR count). The standard InChI is InChI=1S/C19H14ClN3O4/c20-15-8-2-1-7-14(15)18(25)21-13-6-3-5-12(11-13)17(24)22-23-19(26)16-9-4-10-27-16/h1-11H,(H,21,25)(H,22,24)(H,23,26). The highest BCUT2D eigenvalue weighted by Gasteiger charge is 2.13. The molecule has 0 aliphatic carbocycles. The second-order valence-corrected chi connectivity index (χ2v) is 5.81. The number of halogens is 1. The van der Waals surface area contributed by atoms with Gasteiger partial charge in [-0.25, -0.2) is 0 Å². The molecule has 2 aromatic carbocycles. The molecule has 8 heteroatoms. The number of carbonyl (C=O) groups is 3. The van der Waals surface area contributed by atoms with E-state index in [4.69, 9.17) is 16.0 Å². The molecule has 0 atom stereocenters. The van der Waals surface area contributed by atoms with Crippen LogP contribution in [0.1, 0.15) is 31.3 Å². The molecule has 136 valence electrons. The number of carbonyl (C=O) groups excluding carboxylic acids is 3. The van der Waals surface area contributed by atoms with Gasteiger partial charge < -0.3 is 9.73 Å². The molecule has 0 saturated carbocycles. The van der Waals surface area contributed by atoms with Crippen molar-refractivity contribution < 1.29 is 18.8 Å². The van der Waals surface area contributed by atoms with Crippen LogP contribution < -0.4 is 16.2 Å². The minimum absolute atomic E-state index is 0.0658. The number of hydrogen-bond acceptors (Lipinski definition) is 4. The van der Waals surface area contributed by atoms with E-state index in [2.05, 4.69) is 16.2 Å². The summed E-state index contributed by atoms with van der Waals surface area (Å²) in [6.07, 6.45) is 1.35. The zero-order valence-corrected chi connectivity index (χ0v) is 14.6. The zero-order chi connectivity index (χ0) is 19.2. The number of anilines is 1. The first-order valence-corrected chi connectivity index (χ1v) is 8.22. The summed E-state index contributed by atoms with van der Waals surface area (Å²) in [4.78, 5) is 36.2. The summed E-state index contributed by atoms with van der Waals surface area (Å²) < 4.78 is 4.93. The molecule has 1 aromatic heterocycles. The Kier molecular flexibility index (Phi) is 5.53. The van der Waals surface area contributed by atoms with Crippen molar-refractivity contribution in [2.24, 2.45) is 0 Å². The Hall–Kier alpha value is -3.58. The van der Waals surface area contributed by atoms with E-state index in [1.807, 2.05) is 0 Å². The van der Waals surface area contributed by atoms with Gasteiger partial charge >= 0.3 is 5.91 Å². The van der Waals surface area contributed by atoms with E-state index >= 15 is 0 Å². The third-order valence-corrected chi connectivity index (χ3v) is 3.87. The highest BCUT2D eigenvalue weighted by Crippen LogP contribution is 2.18. The van der Waals surface area contributed by atoms with Gasteiger partial charge in [0.1, 0.15) is 0 Å². The zero-order valence-electron chi connectivity index (χ0n) is 13.9. The van der Waals surface area contributed by atoms with Crippen LogP contribution in [0.3, 0.4) is 0 Å². The third kappa shape index (κ3) is 4.53. The van der Waals surface area contributed by atoms with Crippen LogP contribution in [-0.4, -0.2) is 17.7 Å². The number of benzene rings is 2. The quantitative estimate of drug-likeness (QED) is 0.602. The summed E-state index contributed by atoms with van der Waals surface area (Å²) in [5, 5.41) is 3.00. The first kappa shape index (κ1) is 18.2. The normalized spacial score (nSPS) is 10.1. The Labute approximate surface area is 159 Å². The lowest BCUT2D eigenvalue weighted by atomic mass is 10.1. The topological polar surface area (TPSA) is 100 Å². The van der Waals surface area contributed by atoms with Gasteiger partial charge in [0.25, 0.3) is 11.8 Å². The average molecular weight is 384 g/mol. The van der Waals surface area contributed by atoms with E-state index in [1.165, 1.54) is 18.4 Å². The molecule has 3 amide bonds. The van der Waals surface area contributed by atoms with Gasteiger partial charge in [0.2, 0.25) is 0 Å². The van der Waals surface area contributed by atoms with E-state index < -0.39 is 17.7 Å². The first-order valence-electron chi connectivity index (χ1n) is 7.85. The lowest BCUT2D eigenvalue weighted by Gasteiger charge is -2.09. The molecule has 0 spiro atoms. The van der Waals surface area contributed by atoms with Gasteiger partial charge in [0.05, 0.1) is 16.8 Å². The van der Waals surface area contributed by atoms with Crippen molar-refractivity contribution in [3.05, 3.63) is 88.8 Å². The van der Waals surface area contributed by atoms with Crippen LogP contribution in [0.15, 0.2) is 71.3 Å². The molecule has 3 N–H and O–H groups in total. The van der Waals surface area contributed by atoms with Gasteiger partial charge in [-0.2, -0.15) is 0 Å². The SMILES string of the molecule is O=C(NNC(=O)c1ccco1)c1cccc(NC(=O)c2ccccc2Cl)c1. The van der Waals surface area contributed by atoms with Crippen LogP contribution in [0.25, 0.3) is 0 Å². The van der Waals surface area contributed by atoms with Crippen LogP contribution in [0, 0.1) is 0 Å². The van der Waals surface area contributed by atoms with Crippen molar-refractivity contribution in [2.45, 2.75) is 0 Å². The van der Waals surface area contributed by atoms with Crippen molar-refractivity contribution in [2.75, 3.05) is 5.32 Å². The van der Waals surface area contributed by atoms with Crippen molar-refractivity contribution >= 4 is 35.0 Å². The molecule has 1 heterocycles. The van der Waals surface area contributed by atoms with Gasteiger partial charge in [-0.1, -0.05) is 29.8 Å². The summed E-state index contributed by atoms with van der Waals surface area (Å²) >= 11 is 6.01. The first-order chi connectivity index (χ1) is 13.0. The van der Waals surface area contributed by atoms with Gasteiger partial charge in [-0.15, -0.1) is 0 Å². The van der Waals surface area contributed by atoms with Crippen molar-refractivity contribution in [1.82, 2.24) is 10.9 Å². The summed E-state index contributed by atoms with van der Waals surface area (Å²) in [6, 6.07) is 15.9. The molecule has 3 aromatic rings. The minimum Gasteiger partial charge on any atom is -0.459 e. The number of rotatable bonds is 4. The highest BCUT2D eigenvalue weighted by molar-refractivity contribution is 6.34. The molecule has 0 unspecified atom stereocenters. The lowest BCUT2D eigenvalue weighted by molar-refractivity contribution is 0.0831. The Morgan fingerprint density at radius 2 is 1.59 bits per heavy atom. The summed E-state index contributed by atoms with van der Waals surface area (Å²) in [7, 11) is 0. The fraction of sp³-hybridized carbons (Fsp3) is 0. The highest BCUT2D eigenvalue weighted by atomic mass is 35.5. The van der Waals surface area contributed by atoms with Gasteiger partial charge in [-0.05, 0) is 42.5 Å². The molecular weight excluding hydrogens is 370 g/mol. The maximum atomic E-state index is 12.3. The van der Waals surface area contributed by atoms with Crippen LogP contribution in [0.2, 0.25) is 5.02 Å². The van der Waals surface area contributed by atoms with E-state index in [0.717, 1.165) is 0 Å². The molecule has 0 saturated heterocycles. The van der Waals surface area contributed by atoms with Crippen LogP contribution in [0.5, 0.6) is 0 Å². The molecule has 0 bridgehead atoms. The summed E-state index contributed by atoms with van der Waals surface area (Å²) in [6.45, 7) is 0. The number of nitrogens with one attached hydrogen (secondary N) is 3.